The molecule has 27 heavy (non-hydrogen) atoms. The van der Waals surface area contributed by atoms with Gasteiger partial charge in [-0.05, 0) is 35.5 Å². The van der Waals surface area contributed by atoms with Crippen molar-refractivity contribution >= 4 is 49.0 Å². The zero-order valence-corrected chi connectivity index (χ0v) is 23.6. The fraction of sp³-hybridized carbons (Fsp3) is 1.00. The van der Waals surface area contributed by atoms with Crippen molar-refractivity contribution in [3.63, 3.8) is 0 Å². The highest BCUT2D eigenvalue weighted by Gasteiger charge is 2.19. The molecule has 7 heteroatoms. The lowest BCUT2D eigenvalue weighted by Crippen LogP contribution is -2.31. The van der Waals surface area contributed by atoms with Gasteiger partial charge in [0, 0.05) is 37.2 Å². The molecule has 2 atom stereocenters. The van der Waals surface area contributed by atoms with Gasteiger partial charge >= 0.3 is 0 Å². The fourth-order valence-corrected chi connectivity index (χ4v) is 13.3. The topological polar surface area (TPSA) is 18.5 Å². The van der Waals surface area contributed by atoms with E-state index < -0.39 is 17.6 Å². The van der Waals surface area contributed by atoms with Crippen molar-refractivity contribution in [3.05, 3.63) is 0 Å². The Morgan fingerprint density at radius 3 is 1.30 bits per heavy atom. The van der Waals surface area contributed by atoms with E-state index in [-0.39, 0.29) is 0 Å². The van der Waals surface area contributed by atoms with Crippen molar-refractivity contribution in [1.29, 1.82) is 0 Å². The zero-order chi connectivity index (χ0) is 20.3. The second-order valence-electron chi connectivity index (χ2n) is 7.41. The van der Waals surface area contributed by atoms with Gasteiger partial charge in [0.05, 0.1) is 17.6 Å². The molecule has 0 saturated carbocycles. The van der Waals surface area contributed by atoms with Gasteiger partial charge in [-0.2, -0.15) is 0 Å². The van der Waals surface area contributed by atoms with Gasteiger partial charge in [-0.1, -0.05) is 86.3 Å². The smallest absolute Gasteiger partial charge is 0.0711 e. The molecule has 0 radical (unpaired) electrons. The fourth-order valence-electron chi connectivity index (χ4n) is 3.84. The van der Waals surface area contributed by atoms with Crippen molar-refractivity contribution < 1.29 is 9.47 Å². The van der Waals surface area contributed by atoms with Crippen LogP contribution in [0.5, 0.6) is 0 Å². The minimum atomic E-state index is -0.654. The Morgan fingerprint density at radius 1 is 0.630 bits per heavy atom. The van der Waals surface area contributed by atoms with Crippen molar-refractivity contribution in [2.24, 2.45) is 0 Å². The van der Waals surface area contributed by atoms with Gasteiger partial charge in [0.15, 0.2) is 0 Å². The third-order valence-corrected chi connectivity index (χ3v) is 17.7. The van der Waals surface area contributed by atoms with E-state index in [0.29, 0.717) is 11.5 Å². The number of rotatable bonds is 20. The molecule has 0 aliphatic carbocycles. The second-order valence-corrected chi connectivity index (χ2v) is 19.7. The highest BCUT2D eigenvalue weighted by molar-refractivity contribution is 9.09. The predicted octanol–water partition coefficient (Wildman–Crippen LogP) is 7.00. The summed E-state index contributed by atoms with van der Waals surface area (Å²) >= 11 is 0. The Hall–Kier alpha value is 1.40. The summed E-state index contributed by atoms with van der Waals surface area (Å²) in [5.41, 5.74) is 1.21. The lowest BCUT2D eigenvalue weighted by Gasteiger charge is -2.22. The monoisotopic (exact) mass is 470 g/mol. The molecule has 0 aromatic carbocycles. The molecule has 0 aliphatic heterocycles. The van der Waals surface area contributed by atoms with Gasteiger partial charge < -0.3 is 9.47 Å². The molecule has 0 saturated heterocycles. The standard InChI is InChI=1S/C20H46O2S3Si2/c1-7-26(8-2)19(21-5)15-11-13-17-23-25-24-18-14-12-16-20(22-6)27(9-3)10-4/h19-20,26-27H,7-18H2,1-6H3. The zero-order valence-electron chi connectivity index (χ0n) is 18.8. The molecule has 2 nitrogen and oxygen atoms in total. The SMILES string of the molecule is CC[SiH](CC)C(CCCCSSSCCCCC(OC)[SiH](CC)CC)OC. The first-order chi connectivity index (χ1) is 13.2. The maximum absolute atomic E-state index is 5.77. The van der Waals surface area contributed by atoms with Crippen LogP contribution < -0.4 is 0 Å². The molecule has 0 amide bonds. The summed E-state index contributed by atoms with van der Waals surface area (Å²) in [6, 6.07) is 5.50. The molecule has 0 N–H and O–H groups in total. The van der Waals surface area contributed by atoms with Crippen LogP contribution in [0.1, 0.15) is 66.2 Å². The third-order valence-electron chi connectivity index (χ3n) is 5.78. The molecule has 164 valence electrons. The molecule has 0 aliphatic rings. The summed E-state index contributed by atoms with van der Waals surface area (Å²) in [5.74, 6) is 2.56. The van der Waals surface area contributed by atoms with Gasteiger partial charge in [-0.15, -0.1) is 0 Å². The minimum absolute atomic E-state index is 0.603. The van der Waals surface area contributed by atoms with Crippen molar-refractivity contribution in [2.75, 3.05) is 25.7 Å². The molecule has 0 spiro atoms. The molecule has 2 unspecified atom stereocenters. The van der Waals surface area contributed by atoms with E-state index in [1.807, 2.05) is 45.6 Å². The third kappa shape index (κ3) is 14.1. The molecular formula is C20H46O2S3Si2. The van der Waals surface area contributed by atoms with Crippen LogP contribution >= 0.6 is 31.4 Å². The molecule has 0 aromatic heterocycles. The Balaban J connectivity index is 3.54. The van der Waals surface area contributed by atoms with Crippen LogP contribution in [-0.2, 0) is 9.47 Å². The predicted molar refractivity (Wildman–Crippen MR) is 138 cm³/mol. The van der Waals surface area contributed by atoms with Crippen LogP contribution in [0.4, 0.5) is 0 Å². The van der Waals surface area contributed by atoms with Crippen molar-refractivity contribution in [2.45, 2.75) is 102 Å². The molecule has 0 aromatic rings. The number of methoxy groups -OCH3 is 2. The van der Waals surface area contributed by atoms with E-state index >= 15 is 0 Å². The average Bonchev–Trinajstić information content (AvgIpc) is 2.70. The van der Waals surface area contributed by atoms with Crippen LogP contribution in [0.2, 0.25) is 24.2 Å². The Labute approximate surface area is 185 Å². The number of ether oxygens (including phenoxy) is 2. The average molecular weight is 471 g/mol. The Morgan fingerprint density at radius 2 is 1.00 bits per heavy atom. The van der Waals surface area contributed by atoms with E-state index in [1.165, 1.54) is 74.2 Å². The molecule has 0 bridgehead atoms. The number of hydrogen-bond donors (Lipinski definition) is 0. The van der Waals surface area contributed by atoms with Gasteiger partial charge in [0.2, 0.25) is 0 Å². The molecular weight excluding hydrogens is 425 g/mol. The molecule has 0 heterocycles. The summed E-state index contributed by atoms with van der Waals surface area (Å²) in [7, 11) is 8.62. The minimum Gasteiger partial charge on any atom is -0.385 e. The maximum Gasteiger partial charge on any atom is 0.0711 e. The lowest BCUT2D eigenvalue weighted by molar-refractivity contribution is 0.150. The van der Waals surface area contributed by atoms with Gasteiger partial charge in [0.25, 0.3) is 0 Å². The number of hydrogen-bond acceptors (Lipinski definition) is 5. The summed E-state index contributed by atoms with van der Waals surface area (Å²) < 4.78 is 11.5. The van der Waals surface area contributed by atoms with Crippen molar-refractivity contribution in [1.82, 2.24) is 0 Å². The van der Waals surface area contributed by atoms with Crippen LogP contribution in [0, 0.1) is 0 Å². The van der Waals surface area contributed by atoms with E-state index in [0.717, 1.165) is 0 Å². The van der Waals surface area contributed by atoms with Gasteiger partial charge in [-0.25, -0.2) is 0 Å². The molecule has 0 fully saturated rings. The Bertz CT molecular complexity index is 279. The summed E-state index contributed by atoms with van der Waals surface area (Å²) in [6.07, 6.45) is 7.91. The van der Waals surface area contributed by atoms with Gasteiger partial charge in [0.1, 0.15) is 0 Å². The van der Waals surface area contributed by atoms with Crippen molar-refractivity contribution in [3.8, 4) is 0 Å². The number of unbranched alkanes of at least 4 members (excludes halogenated alkanes) is 2. The summed E-state index contributed by atoms with van der Waals surface area (Å²) in [6.45, 7) is 9.39. The van der Waals surface area contributed by atoms with Crippen LogP contribution in [0.15, 0.2) is 0 Å². The van der Waals surface area contributed by atoms with E-state index in [4.69, 9.17) is 9.47 Å². The molecule has 0 rings (SSSR count). The van der Waals surface area contributed by atoms with Crippen LogP contribution in [-0.4, -0.2) is 54.8 Å². The van der Waals surface area contributed by atoms with Crippen LogP contribution in [0.25, 0.3) is 0 Å². The lowest BCUT2D eigenvalue weighted by atomic mass is 10.3. The van der Waals surface area contributed by atoms with E-state index in [2.05, 4.69) is 27.7 Å². The van der Waals surface area contributed by atoms with Gasteiger partial charge in [-0.3, -0.25) is 0 Å². The first kappa shape index (κ1) is 28.4. The summed E-state index contributed by atoms with van der Waals surface area (Å²) in [5, 5.41) is 0. The first-order valence-corrected chi connectivity index (χ1v) is 19.6. The highest BCUT2D eigenvalue weighted by Crippen LogP contribution is 2.36. The Kier molecular flexibility index (Phi) is 21.7. The quantitative estimate of drug-likeness (QED) is 0.108. The second kappa shape index (κ2) is 20.7. The van der Waals surface area contributed by atoms with E-state index in [9.17, 15) is 0 Å². The largest absolute Gasteiger partial charge is 0.385 e. The summed E-state index contributed by atoms with van der Waals surface area (Å²) in [4.78, 5) is 0. The van der Waals surface area contributed by atoms with Crippen LogP contribution in [0.3, 0.4) is 0 Å². The highest BCUT2D eigenvalue weighted by atomic mass is 33.5. The van der Waals surface area contributed by atoms with E-state index in [1.54, 1.807) is 0 Å². The maximum atomic E-state index is 5.77. The first-order valence-electron chi connectivity index (χ1n) is 11.1. The normalized spacial score (nSPS) is 14.2.